The molecule has 2 saturated carbocycles. The van der Waals surface area contributed by atoms with Crippen LogP contribution in [0.3, 0.4) is 0 Å². The molecule has 5 nitrogen and oxygen atoms in total. The van der Waals surface area contributed by atoms with Crippen LogP contribution in [0.4, 0.5) is 0 Å². The highest BCUT2D eigenvalue weighted by molar-refractivity contribution is 7.84. The monoisotopic (exact) mass is 489 g/mol. The maximum atomic E-state index is 10.3. The standard InChI is InChI=1S/C30H28N5P/c1-33-27(21-31)29(23-13-9-10-14-23)30(28(22-32)34-2)36(25-17-5-3-6-18-25,26-19-7-4-8-20-26)35-24-15-11-12-16-24/h3-8,17-20,23-24H,9-16H2/b29-27+,30-28-. The fourth-order valence-electron chi connectivity index (χ4n) is 5.60. The molecule has 0 bridgehead atoms. The number of rotatable bonds is 6. The molecule has 0 atom stereocenters. The molecule has 0 heterocycles. The predicted octanol–water partition coefficient (Wildman–Crippen LogP) is 7.32. The van der Waals surface area contributed by atoms with E-state index in [-0.39, 0.29) is 23.4 Å². The average molecular weight is 490 g/mol. The molecule has 0 aliphatic heterocycles. The second-order valence-electron chi connectivity index (χ2n) is 9.25. The van der Waals surface area contributed by atoms with E-state index in [0.717, 1.165) is 62.0 Å². The summed E-state index contributed by atoms with van der Waals surface area (Å²) in [6.07, 6.45) is 7.80. The Morgan fingerprint density at radius 1 is 0.750 bits per heavy atom. The molecular formula is C30H28N5P. The molecule has 36 heavy (non-hydrogen) atoms. The molecule has 2 fully saturated rings. The minimum atomic E-state index is -2.92. The van der Waals surface area contributed by atoms with Gasteiger partial charge in [0.15, 0.2) is 0 Å². The second-order valence-corrected chi connectivity index (χ2v) is 12.2. The van der Waals surface area contributed by atoms with Crippen LogP contribution >= 0.6 is 7.05 Å². The van der Waals surface area contributed by atoms with Gasteiger partial charge in [-0.15, -0.1) is 0 Å². The first-order valence-electron chi connectivity index (χ1n) is 12.5. The van der Waals surface area contributed by atoms with Crippen molar-refractivity contribution < 1.29 is 0 Å². The van der Waals surface area contributed by atoms with Gasteiger partial charge in [-0.3, -0.25) is 4.74 Å². The molecule has 0 spiro atoms. The molecule has 2 aromatic rings. The SMILES string of the molecule is [C-]#[N+]/C(C#N)=C(/C(=C(\C#N)[N+]#[C-])C1CCCC1)P(=NC1CCCC1)(c1ccccc1)c1ccccc1. The lowest BCUT2D eigenvalue weighted by Gasteiger charge is -2.34. The van der Waals surface area contributed by atoms with Crippen LogP contribution in [0.15, 0.2) is 87.7 Å². The van der Waals surface area contributed by atoms with Crippen molar-refractivity contribution in [2.45, 2.75) is 57.4 Å². The summed E-state index contributed by atoms with van der Waals surface area (Å²) in [7, 11) is -2.92. The normalized spacial score (nSPS) is 17.7. The fourth-order valence-corrected chi connectivity index (χ4v) is 9.76. The lowest BCUT2D eigenvalue weighted by Crippen LogP contribution is -2.23. The average Bonchev–Trinajstić information content (AvgIpc) is 3.65. The molecule has 0 aromatic heterocycles. The maximum absolute atomic E-state index is 10.3. The largest absolute Gasteiger partial charge is 0.288 e. The van der Waals surface area contributed by atoms with Crippen LogP contribution in [-0.4, -0.2) is 6.04 Å². The van der Waals surface area contributed by atoms with E-state index in [2.05, 4.69) is 21.8 Å². The van der Waals surface area contributed by atoms with Crippen molar-refractivity contribution in [1.29, 1.82) is 10.5 Å². The van der Waals surface area contributed by atoms with Crippen molar-refractivity contribution in [2.24, 2.45) is 10.7 Å². The van der Waals surface area contributed by atoms with Crippen LogP contribution in [0, 0.1) is 41.7 Å². The molecule has 0 unspecified atom stereocenters. The molecule has 0 N–H and O–H groups in total. The lowest BCUT2D eigenvalue weighted by molar-refractivity contribution is 0.651. The van der Waals surface area contributed by atoms with Crippen molar-refractivity contribution in [1.82, 2.24) is 0 Å². The molecular weight excluding hydrogens is 461 g/mol. The summed E-state index contributed by atoms with van der Waals surface area (Å²) >= 11 is 0. The second kappa shape index (κ2) is 11.7. The fraction of sp³-hybridized carbons (Fsp3) is 0.333. The Hall–Kier alpha value is -3.89. The van der Waals surface area contributed by atoms with Gasteiger partial charge in [-0.2, -0.15) is 0 Å². The molecule has 0 radical (unpaired) electrons. The molecule has 0 amide bonds. The van der Waals surface area contributed by atoms with Gasteiger partial charge in [-0.05, 0) is 47.8 Å². The summed E-state index contributed by atoms with van der Waals surface area (Å²) in [6, 6.07) is 24.3. The van der Waals surface area contributed by atoms with Gasteiger partial charge in [0.2, 0.25) is 0 Å². The Morgan fingerprint density at radius 3 is 1.67 bits per heavy atom. The maximum Gasteiger partial charge on any atom is 0.270 e. The first-order valence-corrected chi connectivity index (χ1v) is 14.2. The third-order valence-corrected chi connectivity index (χ3v) is 11.0. The Labute approximate surface area is 214 Å². The summed E-state index contributed by atoms with van der Waals surface area (Å²) < 4.78 is 5.62. The quantitative estimate of drug-likeness (QED) is 0.185. The molecule has 2 aromatic carbocycles. The highest BCUT2D eigenvalue weighted by Crippen LogP contribution is 2.62. The minimum Gasteiger partial charge on any atom is -0.288 e. The third-order valence-electron chi connectivity index (χ3n) is 7.18. The van der Waals surface area contributed by atoms with Gasteiger partial charge in [-0.25, -0.2) is 20.2 Å². The summed E-state index contributed by atoms with van der Waals surface area (Å²) in [6.45, 7) is 15.9. The van der Waals surface area contributed by atoms with Gasteiger partial charge in [0.1, 0.15) is 0 Å². The number of hydrogen-bond donors (Lipinski definition) is 0. The molecule has 6 heteroatoms. The van der Waals surface area contributed by atoms with Gasteiger partial charge >= 0.3 is 0 Å². The van der Waals surface area contributed by atoms with Gasteiger partial charge in [0.25, 0.3) is 11.4 Å². The van der Waals surface area contributed by atoms with Crippen molar-refractivity contribution in [3.8, 4) is 12.1 Å². The van der Waals surface area contributed by atoms with Crippen LogP contribution in [0.25, 0.3) is 9.69 Å². The van der Waals surface area contributed by atoms with E-state index in [4.69, 9.17) is 17.9 Å². The lowest BCUT2D eigenvalue weighted by atomic mass is 9.94. The van der Waals surface area contributed by atoms with Gasteiger partial charge < -0.3 is 0 Å². The van der Waals surface area contributed by atoms with E-state index in [1.54, 1.807) is 0 Å². The molecule has 2 aliphatic rings. The minimum absolute atomic E-state index is 0.00819. The van der Waals surface area contributed by atoms with E-state index >= 15 is 0 Å². The van der Waals surface area contributed by atoms with E-state index < -0.39 is 7.05 Å². The predicted molar refractivity (Wildman–Crippen MR) is 144 cm³/mol. The summed E-state index contributed by atoms with van der Waals surface area (Å²) in [5, 5.41) is 22.8. The number of allylic oxidation sites excluding steroid dienone is 4. The number of benzene rings is 2. The Bertz CT molecular complexity index is 1300. The first-order chi connectivity index (χ1) is 17.7. The molecule has 0 saturated heterocycles. The van der Waals surface area contributed by atoms with Crippen LogP contribution in [0.5, 0.6) is 0 Å². The summed E-state index contributed by atoms with van der Waals surface area (Å²) in [5.74, 6) is -0.0422. The van der Waals surface area contributed by atoms with Crippen LogP contribution in [-0.2, 0) is 0 Å². The highest BCUT2D eigenvalue weighted by atomic mass is 31.2. The van der Waals surface area contributed by atoms with E-state index in [0.29, 0.717) is 10.9 Å². The zero-order valence-electron chi connectivity index (χ0n) is 20.3. The zero-order valence-corrected chi connectivity index (χ0v) is 21.2. The van der Waals surface area contributed by atoms with Gasteiger partial charge in [-0.1, -0.05) is 86.3 Å². The summed E-state index contributed by atoms with van der Waals surface area (Å²) in [5.41, 5.74) is 0.530. The number of nitriles is 2. The van der Waals surface area contributed by atoms with Gasteiger partial charge in [0.05, 0.1) is 25.3 Å². The Morgan fingerprint density at radius 2 is 1.22 bits per heavy atom. The summed E-state index contributed by atoms with van der Waals surface area (Å²) in [4.78, 5) is 7.39. The van der Waals surface area contributed by atoms with E-state index in [1.807, 2.05) is 60.7 Å². The van der Waals surface area contributed by atoms with Crippen molar-refractivity contribution >= 4 is 17.7 Å². The smallest absolute Gasteiger partial charge is 0.270 e. The first kappa shape index (κ1) is 25.2. The van der Waals surface area contributed by atoms with Crippen LogP contribution in [0.1, 0.15) is 51.4 Å². The van der Waals surface area contributed by atoms with Crippen LogP contribution in [0.2, 0.25) is 0 Å². The highest BCUT2D eigenvalue weighted by Gasteiger charge is 2.39. The van der Waals surface area contributed by atoms with Crippen molar-refractivity contribution in [3.63, 3.8) is 0 Å². The third kappa shape index (κ3) is 4.77. The topological polar surface area (TPSA) is 68.7 Å². The number of nitrogens with zero attached hydrogens (tertiary/aromatic N) is 5. The zero-order chi connectivity index (χ0) is 25.4. The van der Waals surface area contributed by atoms with Crippen molar-refractivity contribution in [2.75, 3.05) is 0 Å². The Balaban J connectivity index is 2.25. The molecule has 4 rings (SSSR count). The van der Waals surface area contributed by atoms with Gasteiger partial charge in [0, 0.05) is 18.4 Å². The number of hydrogen-bond acceptors (Lipinski definition) is 3. The van der Waals surface area contributed by atoms with Crippen molar-refractivity contribution in [3.05, 3.63) is 106 Å². The Kier molecular flexibility index (Phi) is 8.19. The molecule has 178 valence electrons. The molecule has 2 aliphatic carbocycles. The van der Waals surface area contributed by atoms with E-state index in [1.165, 1.54) is 0 Å². The van der Waals surface area contributed by atoms with E-state index in [9.17, 15) is 10.5 Å². The van der Waals surface area contributed by atoms with Crippen LogP contribution < -0.4 is 10.6 Å².